The number of anilines is 1. The van der Waals surface area contributed by atoms with Gasteiger partial charge in [0.15, 0.2) is 0 Å². The van der Waals surface area contributed by atoms with E-state index in [-0.39, 0.29) is 5.56 Å². The van der Waals surface area contributed by atoms with Gasteiger partial charge in [0.2, 0.25) is 0 Å². The number of hydrogen-bond acceptors (Lipinski definition) is 4. The molecule has 1 aliphatic rings. The minimum Gasteiger partial charge on any atom is -0.497 e. The molecular formula is C15H16BrN3O2. The molecule has 0 aliphatic carbocycles. The van der Waals surface area contributed by atoms with Gasteiger partial charge in [0.1, 0.15) is 10.2 Å². The average molecular weight is 350 g/mol. The Morgan fingerprint density at radius 1 is 1.33 bits per heavy atom. The van der Waals surface area contributed by atoms with E-state index >= 15 is 0 Å². The zero-order chi connectivity index (χ0) is 15.0. The third-order valence-electron chi connectivity index (χ3n) is 3.83. The normalized spacial score (nSPS) is 14.0. The Kier molecular flexibility index (Phi) is 3.71. The van der Waals surface area contributed by atoms with Crippen molar-refractivity contribution in [3.05, 3.63) is 50.3 Å². The van der Waals surface area contributed by atoms with Gasteiger partial charge in [0, 0.05) is 20.1 Å². The third-order valence-corrected chi connectivity index (χ3v) is 4.57. The molecule has 0 fully saturated rings. The van der Waals surface area contributed by atoms with Crippen LogP contribution in [0.15, 0.2) is 33.7 Å². The van der Waals surface area contributed by atoms with Crippen molar-refractivity contribution in [1.82, 2.24) is 9.78 Å². The van der Waals surface area contributed by atoms with Crippen LogP contribution in [0.1, 0.15) is 11.1 Å². The molecule has 1 aliphatic heterocycles. The number of methoxy groups -OCH3 is 1. The first kappa shape index (κ1) is 14.1. The van der Waals surface area contributed by atoms with E-state index in [2.05, 4.69) is 38.1 Å². The fourth-order valence-electron chi connectivity index (χ4n) is 2.59. The summed E-state index contributed by atoms with van der Waals surface area (Å²) in [5, 5.41) is 4.11. The van der Waals surface area contributed by atoms with Crippen molar-refractivity contribution in [1.29, 1.82) is 0 Å². The number of benzene rings is 1. The van der Waals surface area contributed by atoms with Gasteiger partial charge in [-0.1, -0.05) is 6.07 Å². The molecule has 0 saturated heterocycles. The lowest BCUT2D eigenvalue weighted by Gasteiger charge is -2.31. The number of fused-ring (bicyclic) bond motifs is 1. The van der Waals surface area contributed by atoms with Gasteiger partial charge in [-0.15, -0.1) is 0 Å². The Bertz CT molecular complexity index is 742. The smallest absolute Gasteiger partial charge is 0.282 e. The van der Waals surface area contributed by atoms with Gasteiger partial charge in [0.05, 0.1) is 19.0 Å². The minimum atomic E-state index is -0.121. The SMILES string of the molecule is COc1ccc2c(c1)CN(c1cnn(C)c(=O)c1Br)CC2. The summed E-state index contributed by atoms with van der Waals surface area (Å²) in [7, 11) is 3.32. The summed E-state index contributed by atoms with van der Waals surface area (Å²) in [5.41, 5.74) is 3.28. The molecule has 0 radical (unpaired) electrons. The van der Waals surface area contributed by atoms with E-state index in [1.54, 1.807) is 20.4 Å². The highest BCUT2D eigenvalue weighted by atomic mass is 79.9. The fourth-order valence-corrected chi connectivity index (χ4v) is 3.20. The van der Waals surface area contributed by atoms with Crippen molar-refractivity contribution in [3.63, 3.8) is 0 Å². The summed E-state index contributed by atoms with van der Waals surface area (Å²) in [5.74, 6) is 0.858. The van der Waals surface area contributed by atoms with Crippen LogP contribution in [0.25, 0.3) is 0 Å². The summed E-state index contributed by atoms with van der Waals surface area (Å²) < 4.78 is 7.18. The molecule has 0 atom stereocenters. The lowest BCUT2D eigenvalue weighted by Crippen LogP contribution is -2.33. The quantitative estimate of drug-likeness (QED) is 0.833. The molecule has 3 rings (SSSR count). The Hall–Kier alpha value is -1.82. The first-order valence-corrected chi connectivity index (χ1v) is 7.52. The molecule has 5 nitrogen and oxygen atoms in total. The number of halogens is 1. The maximum atomic E-state index is 12.0. The second-order valence-electron chi connectivity index (χ2n) is 5.08. The molecule has 0 spiro atoms. The van der Waals surface area contributed by atoms with Crippen molar-refractivity contribution in [2.24, 2.45) is 7.05 Å². The van der Waals surface area contributed by atoms with Crippen molar-refractivity contribution < 1.29 is 4.74 Å². The second-order valence-corrected chi connectivity index (χ2v) is 5.87. The zero-order valence-electron chi connectivity index (χ0n) is 12.0. The largest absolute Gasteiger partial charge is 0.497 e. The van der Waals surface area contributed by atoms with E-state index in [0.717, 1.165) is 30.9 Å². The summed E-state index contributed by atoms with van der Waals surface area (Å²) in [4.78, 5) is 14.2. The standard InChI is InChI=1S/C15H16BrN3O2/c1-18-15(20)14(16)13(8-17-18)19-6-5-10-3-4-12(21-2)7-11(10)9-19/h3-4,7-8H,5-6,9H2,1-2H3. The average Bonchev–Trinajstić information content (AvgIpc) is 2.51. The molecule has 0 unspecified atom stereocenters. The van der Waals surface area contributed by atoms with Crippen LogP contribution in [0.3, 0.4) is 0 Å². The fraction of sp³-hybridized carbons (Fsp3) is 0.333. The molecule has 0 saturated carbocycles. The number of nitrogens with zero attached hydrogens (tertiary/aromatic N) is 3. The highest BCUT2D eigenvalue weighted by Gasteiger charge is 2.20. The highest BCUT2D eigenvalue weighted by molar-refractivity contribution is 9.10. The number of ether oxygens (including phenoxy) is 1. The third kappa shape index (κ3) is 2.55. The van der Waals surface area contributed by atoms with Crippen LogP contribution in [0, 0.1) is 0 Å². The van der Waals surface area contributed by atoms with Gasteiger partial charge in [-0.05, 0) is 45.6 Å². The van der Waals surface area contributed by atoms with E-state index in [1.807, 2.05) is 6.07 Å². The van der Waals surface area contributed by atoms with Crippen molar-refractivity contribution >= 4 is 21.6 Å². The molecule has 6 heteroatoms. The topological polar surface area (TPSA) is 47.4 Å². The zero-order valence-corrected chi connectivity index (χ0v) is 13.6. The van der Waals surface area contributed by atoms with Gasteiger partial charge in [-0.3, -0.25) is 4.79 Å². The molecule has 2 aromatic rings. The van der Waals surface area contributed by atoms with Crippen molar-refractivity contribution in [3.8, 4) is 5.75 Å². The molecule has 1 aromatic heterocycles. The summed E-state index contributed by atoms with van der Waals surface area (Å²) >= 11 is 3.39. The molecule has 0 N–H and O–H groups in total. The van der Waals surface area contributed by atoms with Gasteiger partial charge in [-0.2, -0.15) is 5.10 Å². The number of aromatic nitrogens is 2. The van der Waals surface area contributed by atoms with Crippen LogP contribution in [-0.4, -0.2) is 23.4 Å². The number of hydrogen-bond donors (Lipinski definition) is 0. The Morgan fingerprint density at radius 2 is 2.14 bits per heavy atom. The maximum absolute atomic E-state index is 12.0. The predicted octanol–water partition coefficient (Wildman–Crippen LogP) is 2.11. The summed E-state index contributed by atoms with van der Waals surface area (Å²) in [6, 6.07) is 6.16. The minimum absolute atomic E-state index is 0.121. The second kappa shape index (κ2) is 5.52. The van der Waals surface area contributed by atoms with E-state index in [0.29, 0.717) is 4.47 Å². The van der Waals surface area contributed by atoms with Crippen LogP contribution >= 0.6 is 15.9 Å². The lowest BCUT2D eigenvalue weighted by molar-refractivity contribution is 0.413. The molecule has 110 valence electrons. The molecule has 0 bridgehead atoms. The van der Waals surface area contributed by atoms with Gasteiger partial charge < -0.3 is 9.64 Å². The monoisotopic (exact) mass is 349 g/mol. The molecular weight excluding hydrogens is 334 g/mol. The Balaban J connectivity index is 1.96. The van der Waals surface area contributed by atoms with Crippen LogP contribution in [0.2, 0.25) is 0 Å². The van der Waals surface area contributed by atoms with Crippen molar-refractivity contribution in [2.75, 3.05) is 18.6 Å². The molecule has 1 aromatic carbocycles. The van der Waals surface area contributed by atoms with Crippen molar-refractivity contribution in [2.45, 2.75) is 13.0 Å². The van der Waals surface area contributed by atoms with Gasteiger partial charge in [0.25, 0.3) is 5.56 Å². The van der Waals surface area contributed by atoms with E-state index in [9.17, 15) is 4.79 Å². The van der Waals surface area contributed by atoms with Crippen LogP contribution < -0.4 is 15.2 Å². The van der Waals surface area contributed by atoms with E-state index in [4.69, 9.17) is 4.74 Å². The predicted molar refractivity (Wildman–Crippen MR) is 84.9 cm³/mol. The number of aryl methyl sites for hydroxylation is 1. The van der Waals surface area contributed by atoms with E-state index in [1.165, 1.54) is 15.8 Å². The van der Waals surface area contributed by atoms with E-state index < -0.39 is 0 Å². The molecule has 21 heavy (non-hydrogen) atoms. The Morgan fingerprint density at radius 3 is 2.90 bits per heavy atom. The van der Waals surface area contributed by atoms with Gasteiger partial charge in [-0.25, -0.2) is 4.68 Å². The van der Waals surface area contributed by atoms with Crippen LogP contribution in [0.4, 0.5) is 5.69 Å². The highest BCUT2D eigenvalue weighted by Crippen LogP contribution is 2.29. The lowest BCUT2D eigenvalue weighted by atomic mass is 9.99. The first-order valence-electron chi connectivity index (χ1n) is 6.72. The van der Waals surface area contributed by atoms with Crippen LogP contribution in [-0.2, 0) is 20.0 Å². The Labute approximate surface area is 131 Å². The van der Waals surface area contributed by atoms with Gasteiger partial charge >= 0.3 is 0 Å². The first-order chi connectivity index (χ1) is 10.1. The molecule has 0 amide bonds. The summed E-state index contributed by atoms with van der Waals surface area (Å²) in [6.45, 7) is 1.62. The van der Waals surface area contributed by atoms with Crippen LogP contribution in [0.5, 0.6) is 5.75 Å². The maximum Gasteiger partial charge on any atom is 0.282 e. The molecule has 2 heterocycles. The summed E-state index contributed by atoms with van der Waals surface area (Å²) in [6.07, 6.45) is 2.68. The number of rotatable bonds is 2.